The second-order valence-corrected chi connectivity index (χ2v) is 5.39. The molecule has 0 aliphatic rings. The van der Waals surface area contributed by atoms with E-state index in [1.807, 2.05) is 30.1 Å². The molecular weight excluding hydrogens is 286 g/mol. The summed E-state index contributed by atoms with van der Waals surface area (Å²) in [4.78, 5) is 8.81. The second-order valence-electron chi connectivity index (χ2n) is 5.12. The molecule has 0 amide bonds. The van der Waals surface area contributed by atoms with Crippen LogP contribution >= 0.6 is 11.6 Å². The number of hydrogen-bond acceptors (Lipinski definition) is 3. The standard InChI is InChI=1S/C15H18ClN5/c1-4-21-15-14(11(3)19-21)18-13(7-16)20(15)9-12-5-6-17-8-10(12)2/h5-6,8H,4,7,9H2,1-3H3. The Labute approximate surface area is 128 Å². The molecule has 0 unspecified atom stereocenters. The number of fused-ring (bicyclic) bond motifs is 1. The van der Waals surface area contributed by atoms with Crippen molar-refractivity contribution in [3.05, 3.63) is 41.1 Å². The highest BCUT2D eigenvalue weighted by atomic mass is 35.5. The van der Waals surface area contributed by atoms with Gasteiger partial charge < -0.3 is 4.57 Å². The van der Waals surface area contributed by atoms with Crippen LogP contribution in [0, 0.1) is 13.8 Å². The van der Waals surface area contributed by atoms with Gasteiger partial charge in [0.2, 0.25) is 0 Å². The van der Waals surface area contributed by atoms with Gasteiger partial charge in [0, 0.05) is 18.9 Å². The number of alkyl halides is 1. The van der Waals surface area contributed by atoms with E-state index in [2.05, 4.69) is 33.5 Å². The minimum atomic E-state index is 0.391. The monoisotopic (exact) mass is 303 g/mol. The Bertz CT molecular complexity index is 787. The van der Waals surface area contributed by atoms with Gasteiger partial charge in [0.1, 0.15) is 11.3 Å². The van der Waals surface area contributed by atoms with Gasteiger partial charge in [-0.3, -0.25) is 4.98 Å². The second kappa shape index (κ2) is 5.48. The van der Waals surface area contributed by atoms with Crippen LogP contribution in [0.5, 0.6) is 0 Å². The van der Waals surface area contributed by atoms with Crippen molar-refractivity contribution in [3.63, 3.8) is 0 Å². The minimum absolute atomic E-state index is 0.391. The molecule has 0 saturated heterocycles. The summed E-state index contributed by atoms with van der Waals surface area (Å²) in [6.45, 7) is 7.69. The Morgan fingerprint density at radius 2 is 2.10 bits per heavy atom. The van der Waals surface area contributed by atoms with Crippen LogP contribution in [-0.2, 0) is 19.0 Å². The molecule has 0 aliphatic carbocycles. The molecule has 3 aromatic heterocycles. The molecule has 0 saturated carbocycles. The fourth-order valence-electron chi connectivity index (χ4n) is 2.61. The number of rotatable bonds is 4. The first-order valence-electron chi connectivity index (χ1n) is 7.03. The lowest BCUT2D eigenvalue weighted by atomic mass is 10.1. The normalized spacial score (nSPS) is 11.4. The van der Waals surface area contributed by atoms with Gasteiger partial charge in [-0.25, -0.2) is 9.67 Å². The average Bonchev–Trinajstić information content (AvgIpc) is 3.00. The maximum Gasteiger partial charge on any atom is 0.159 e. The summed E-state index contributed by atoms with van der Waals surface area (Å²) in [7, 11) is 0. The van der Waals surface area contributed by atoms with E-state index >= 15 is 0 Å². The maximum atomic E-state index is 6.09. The molecule has 0 atom stereocenters. The maximum absolute atomic E-state index is 6.09. The summed E-state index contributed by atoms with van der Waals surface area (Å²) >= 11 is 6.09. The van der Waals surface area contributed by atoms with E-state index in [9.17, 15) is 0 Å². The molecular formula is C15H18ClN5. The molecule has 110 valence electrons. The number of aryl methyl sites for hydroxylation is 3. The number of nitrogens with zero attached hydrogens (tertiary/aromatic N) is 5. The van der Waals surface area contributed by atoms with Crippen molar-refractivity contribution in [2.45, 2.75) is 39.7 Å². The fourth-order valence-corrected chi connectivity index (χ4v) is 2.81. The first-order valence-corrected chi connectivity index (χ1v) is 7.57. The van der Waals surface area contributed by atoms with E-state index in [1.54, 1.807) is 0 Å². The zero-order valence-electron chi connectivity index (χ0n) is 12.5. The third-order valence-electron chi connectivity index (χ3n) is 3.76. The highest BCUT2D eigenvalue weighted by molar-refractivity contribution is 6.16. The van der Waals surface area contributed by atoms with Crippen LogP contribution in [0.2, 0.25) is 0 Å². The van der Waals surface area contributed by atoms with Crippen LogP contribution < -0.4 is 0 Å². The summed E-state index contributed by atoms with van der Waals surface area (Å²) in [6, 6.07) is 2.04. The SMILES string of the molecule is CCn1nc(C)c2nc(CCl)n(Cc3ccncc3C)c21. The molecule has 0 bridgehead atoms. The Hall–Kier alpha value is -1.88. The molecule has 0 N–H and O–H groups in total. The van der Waals surface area contributed by atoms with Gasteiger partial charge in [0.25, 0.3) is 0 Å². The molecule has 3 aromatic rings. The minimum Gasteiger partial charge on any atom is -0.307 e. The third-order valence-corrected chi connectivity index (χ3v) is 4.00. The van der Waals surface area contributed by atoms with Crippen LogP contribution in [0.1, 0.15) is 29.6 Å². The summed E-state index contributed by atoms with van der Waals surface area (Å²) < 4.78 is 4.15. The van der Waals surface area contributed by atoms with E-state index in [1.165, 1.54) is 11.1 Å². The van der Waals surface area contributed by atoms with Gasteiger partial charge in [-0.1, -0.05) is 0 Å². The lowest BCUT2D eigenvalue weighted by Gasteiger charge is -2.11. The predicted octanol–water partition coefficient (Wildman–Crippen LogP) is 3.05. The topological polar surface area (TPSA) is 48.5 Å². The lowest BCUT2D eigenvalue weighted by Crippen LogP contribution is -2.10. The van der Waals surface area contributed by atoms with E-state index in [0.717, 1.165) is 35.8 Å². The Morgan fingerprint density at radius 1 is 1.29 bits per heavy atom. The number of hydrogen-bond donors (Lipinski definition) is 0. The van der Waals surface area contributed by atoms with Gasteiger partial charge in [-0.15, -0.1) is 11.6 Å². The van der Waals surface area contributed by atoms with Crippen LogP contribution in [0.25, 0.3) is 11.2 Å². The van der Waals surface area contributed by atoms with Gasteiger partial charge >= 0.3 is 0 Å². The number of imidazole rings is 1. The molecule has 6 heteroatoms. The van der Waals surface area contributed by atoms with Crippen molar-refractivity contribution < 1.29 is 0 Å². The zero-order chi connectivity index (χ0) is 15.0. The molecule has 5 nitrogen and oxygen atoms in total. The van der Waals surface area contributed by atoms with Gasteiger partial charge in [-0.2, -0.15) is 5.10 Å². The smallest absolute Gasteiger partial charge is 0.159 e. The molecule has 0 aromatic carbocycles. The van der Waals surface area contributed by atoms with Crippen LogP contribution in [0.15, 0.2) is 18.5 Å². The number of pyridine rings is 1. The molecule has 0 fully saturated rings. The third kappa shape index (κ3) is 2.31. The number of halogens is 1. The first kappa shape index (κ1) is 14.1. The largest absolute Gasteiger partial charge is 0.307 e. The summed E-state index contributed by atoms with van der Waals surface area (Å²) in [5.74, 6) is 1.27. The molecule has 3 rings (SSSR count). The van der Waals surface area contributed by atoms with Crippen LogP contribution in [0.4, 0.5) is 0 Å². The van der Waals surface area contributed by atoms with Crippen molar-refractivity contribution in [2.24, 2.45) is 0 Å². The molecule has 3 heterocycles. The fraction of sp³-hybridized carbons (Fsp3) is 0.400. The van der Waals surface area contributed by atoms with Crippen molar-refractivity contribution in [3.8, 4) is 0 Å². The molecule has 0 spiro atoms. The van der Waals surface area contributed by atoms with Gasteiger partial charge in [0.05, 0.1) is 18.1 Å². The summed E-state index contributed by atoms with van der Waals surface area (Å²) in [5, 5.41) is 4.55. The van der Waals surface area contributed by atoms with Crippen molar-refractivity contribution in [1.29, 1.82) is 0 Å². The first-order chi connectivity index (χ1) is 10.2. The Morgan fingerprint density at radius 3 is 2.76 bits per heavy atom. The van der Waals surface area contributed by atoms with Crippen molar-refractivity contribution in [1.82, 2.24) is 24.3 Å². The van der Waals surface area contributed by atoms with E-state index in [0.29, 0.717) is 5.88 Å². The molecule has 0 radical (unpaired) electrons. The quantitative estimate of drug-likeness (QED) is 0.696. The predicted molar refractivity (Wildman–Crippen MR) is 83.6 cm³/mol. The lowest BCUT2D eigenvalue weighted by molar-refractivity contribution is 0.638. The van der Waals surface area contributed by atoms with Gasteiger partial charge in [0.15, 0.2) is 5.65 Å². The molecule has 21 heavy (non-hydrogen) atoms. The van der Waals surface area contributed by atoms with Crippen LogP contribution in [0.3, 0.4) is 0 Å². The van der Waals surface area contributed by atoms with E-state index in [-0.39, 0.29) is 0 Å². The zero-order valence-corrected chi connectivity index (χ0v) is 13.2. The van der Waals surface area contributed by atoms with E-state index in [4.69, 9.17) is 11.6 Å². The molecule has 0 aliphatic heterocycles. The van der Waals surface area contributed by atoms with Crippen molar-refractivity contribution in [2.75, 3.05) is 0 Å². The van der Waals surface area contributed by atoms with Crippen LogP contribution in [-0.4, -0.2) is 24.3 Å². The summed E-state index contributed by atoms with van der Waals surface area (Å²) in [6.07, 6.45) is 3.70. The number of aromatic nitrogens is 5. The highest BCUT2D eigenvalue weighted by Crippen LogP contribution is 2.22. The average molecular weight is 304 g/mol. The Kier molecular flexibility index (Phi) is 3.68. The van der Waals surface area contributed by atoms with Crippen molar-refractivity contribution >= 4 is 22.8 Å². The Balaban J connectivity index is 2.18. The summed E-state index contributed by atoms with van der Waals surface area (Å²) in [5.41, 5.74) is 5.32. The van der Waals surface area contributed by atoms with Gasteiger partial charge in [-0.05, 0) is 38.0 Å². The highest BCUT2D eigenvalue weighted by Gasteiger charge is 2.18. The van der Waals surface area contributed by atoms with E-state index < -0.39 is 0 Å².